The molecule has 0 bridgehead atoms. The lowest BCUT2D eigenvalue weighted by molar-refractivity contribution is 0.148. The van der Waals surface area contributed by atoms with Crippen molar-refractivity contribution in [2.45, 2.75) is 25.9 Å². The second-order valence-electron chi connectivity index (χ2n) is 4.58. The molecule has 1 aromatic heterocycles. The van der Waals surface area contributed by atoms with E-state index in [1.54, 1.807) is 17.5 Å². The minimum atomic E-state index is 0.208. The summed E-state index contributed by atoms with van der Waals surface area (Å²) in [7, 11) is 0. The Bertz CT molecular complexity index is 337. The molecule has 0 spiro atoms. The molecule has 1 saturated heterocycles. The molecule has 2 rings (SSSR count). The van der Waals surface area contributed by atoms with E-state index in [4.69, 9.17) is 11.6 Å². The summed E-state index contributed by atoms with van der Waals surface area (Å²) in [6, 6.07) is 0. The lowest BCUT2D eigenvalue weighted by Gasteiger charge is -2.38. The molecular weight excluding hydrogens is 230 g/mol. The molecule has 5 heteroatoms. The van der Waals surface area contributed by atoms with Gasteiger partial charge in [-0.1, -0.05) is 11.6 Å². The van der Waals surface area contributed by atoms with Crippen LogP contribution in [0.1, 0.15) is 18.9 Å². The first-order valence-corrected chi connectivity index (χ1v) is 6.32. The van der Waals surface area contributed by atoms with Gasteiger partial charge in [-0.25, -0.2) is 4.98 Å². The highest BCUT2D eigenvalue weighted by Gasteiger charge is 2.25. The molecule has 0 amide bonds. The molecular formula is C10H16ClN3S. The van der Waals surface area contributed by atoms with Crippen molar-refractivity contribution < 1.29 is 0 Å². The van der Waals surface area contributed by atoms with Crippen LogP contribution in [0.4, 0.5) is 0 Å². The fourth-order valence-electron chi connectivity index (χ4n) is 1.93. The topological polar surface area (TPSA) is 28.2 Å². The highest BCUT2D eigenvalue weighted by molar-refractivity contribution is 7.15. The van der Waals surface area contributed by atoms with E-state index >= 15 is 0 Å². The molecule has 2 heterocycles. The smallest absolute Gasteiger partial charge is 0.113 e. The number of rotatable bonds is 2. The summed E-state index contributed by atoms with van der Waals surface area (Å²) in [6.07, 6.45) is 1.73. The highest BCUT2D eigenvalue weighted by atomic mass is 35.5. The average Bonchev–Trinajstić information content (AvgIpc) is 2.49. The van der Waals surface area contributed by atoms with E-state index < -0.39 is 0 Å². The summed E-state index contributed by atoms with van der Waals surface area (Å²) in [4.78, 5) is 6.70. The van der Waals surface area contributed by atoms with Crippen molar-refractivity contribution in [2.24, 2.45) is 0 Å². The first-order chi connectivity index (χ1) is 7.05. The molecule has 3 nitrogen and oxygen atoms in total. The van der Waals surface area contributed by atoms with E-state index in [1.165, 1.54) is 0 Å². The predicted octanol–water partition coefficient (Wildman–Crippen LogP) is 1.98. The van der Waals surface area contributed by atoms with Crippen LogP contribution in [0.5, 0.6) is 0 Å². The molecule has 0 saturated carbocycles. The summed E-state index contributed by atoms with van der Waals surface area (Å²) >= 11 is 7.43. The van der Waals surface area contributed by atoms with E-state index in [9.17, 15) is 0 Å². The number of halogens is 1. The Morgan fingerprint density at radius 3 is 3.07 bits per heavy atom. The monoisotopic (exact) mass is 245 g/mol. The Labute approximate surface area is 99.5 Å². The van der Waals surface area contributed by atoms with Crippen LogP contribution in [-0.4, -0.2) is 35.1 Å². The molecule has 1 aromatic rings. The first kappa shape index (κ1) is 11.3. The van der Waals surface area contributed by atoms with Gasteiger partial charge in [-0.2, -0.15) is 0 Å². The Hall–Kier alpha value is -0.160. The third-order valence-corrected chi connectivity index (χ3v) is 3.63. The number of nitrogens with one attached hydrogen (secondary N) is 1. The number of hydrogen-bond donors (Lipinski definition) is 1. The maximum absolute atomic E-state index is 5.86. The molecule has 1 aliphatic rings. The quantitative estimate of drug-likeness (QED) is 0.864. The lowest BCUT2D eigenvalue weighted by atomic mass is 10.0. The zero-order valence-corrected chi connectivity index (χ0v) is 10.7. The van der Waals surface area contributed by atoms with Crippen molar-refractivity contribution in [1.82, 2.24) is 15.2 Å². The van der Waals surface area contributed by atoms with Crippen LogP contribution < -0.4 is 5.32 Å². The van der Waals surface area contributed by atoms with E-state index in [0.717, 1.165) is 35.5 Å². The summed E-state index contributed by atoms with van der Waals surface area (Å²) in [5, 5.41) is 4.60. The van der Waals surface area contributed by atoms with E-state index in [2.05, 4.69) is 29.0 Å². The maximum Gasteiger partial charge on any atom is 0.113 e. The van der Waals surface area contributed by atoms with Crippen LogP contribution in [-0.2, 0) is 6.54 Å². The van der Waals surface area contributed by atoms with Crippen LogP contribution in [0, 0.1) is 0 Å². The summed E-state index contributed by atoms with van der Waals surface area (Å²) in [6.45, 7) is 8.57. The molecule has 0 aliphatic carbocycles. The minimum absolute atomic E-state index is 0.208. The third-order valence-electron chi connectivity index (χ3n) is 2.53. The molecule has 15 heavy (non-hydrogen) atoms. The van der Waals surface area contributed by atoms with E-state index in [0.29, 0.717) is 0 Å². The summed E-state index contributed by atoms with van der Waals surface area (Å²) in [5.41, 5.74) is 0.208. The lowest BCUT2D eigenvalue weighted by Crippen LogP contribution is -2.56. The van der Waals surface area contributed by atoms with Gasteiger partial charge in [-0.3, -0.25) is 4.90 Å². The SMILES string of the molecule is CC1(C)CN(Cc2ncc(Cl)s2)CCN1. The number of aromatic nitrogens is 1. The van der Waals surface area contributed by atoms with Crippen LogP contribution in [0.25, 0.3) is 0 Å². The van der Waals surface area contributed by atoms with Gasteiger partial charge in [-0.15, -0.1) is 11.3 Å². The fraction of sp³-hybridized carbons (Fsp3) is 0.700. The summed E-state index contributed by atoms with van der Waals surface area (Å²) < 4.78 is 0.777. The van der Waals surface area contributed by atoms with Crippen molar-refractivity contribution >= 4 is 22.9 Å². The Balaban J connectivity index is 1.95. The van der Waals surface area contributed by atoms with Gasteiger partial charge in [0.2, 0.25) is 0 Å². The van der Waals surface area contributed by atoms with Gasteiger partial charge in [0.1, 0.15) is 9.34 Å². The van der Waals surface area contributed by atoms with Gasteiger partial charge >= 0.3 is 0 Å². The largest absolute Gasteiger partial charge is 0.309 e. The Kier molecular flexibility index (Phi) is 3.30. The van der Waals surface area contributed by atoms with Crippen molar-refractivity contribution in [3.8, 4) is 0 Å². The standard InChI is InChI=1S/C10H16ClN3S/c1-10(2)7-14(4-3-13-10)6-9-12-5-8(11)15-9/h5,13H,3-4,6-7H2,1-2H3. The maximum atomic E-state index is 5.86. The number of nitrogens with zero attached hydrogens (tertiary/aromatic N) is 2. The zero-order chi connectivity index (χ0) is 10.9. The van der Waals surface area contributed by atoms with Gasteiger partial charge in [0.25, 0.3) is 0 Å². The van der Waals surface area contributed by atoms with Crippen molar-refractivity contribution in [3.05, 3.63) is 15.5 Å². The zero-order valence-electron chi connectivity index (χ0n) is 9.09. The Morgan fingerprint density at radius 2 is 2.47 bits per heavy atom. The second-order valence-corrected chi connectivity index (χ2v) is 6.33. The number of hydrogen-bond acceptors (Lipinski definition) is 4. The molecule has 0 aromatic carbocycles. The Morgan fingerprint density at radius 1 is 1.67 bits per heavy atom. The molecule has 0 unspecified atom stereocenters. The van der Waals surface area contributed by atoms with Gasteiger partial charge < -0.3 is 5.32 Å². The van der Waals surface area contributed by atoms with Gasteiger partial charge in [0, 0.05) is 25.2 Å². The molecule has 0 atom stereocenters. The summed E-state index contributed by atoms with van der Waals surface area (Å²) in [5.74, 6) is 0. The van der Waals surface area contributed by atoms with Crippen molar-refractivity contribution in [1.29, 1.82) is 0 Å². The van der Waals surface area contributed by atoms with Gasteiger partial charge in [0.05, 0.1) is 12.7 Å². The van der Waals surface area contributed by atoms with Crippen LogP contribution >= 0.6 is 22.9 Å². The minimum Gasteiger partial charge on any atom is -0.309 e. The molecule has 1 fully saturated rings. The fourth-order valence-corrected chi connectivity index (χ4v) is 2.93. The highest BCUT2D eigenvalue weighted by Crippen LogP contribution is 2.21. The third kappa shape index (κ3) is 3.14. The van der Waals surface area contributed by atoms with Gasteiger partial charge in [-0.05, 0) is 13.8 Å². The number of thiazole rings is 1. The van der Waals surface area contributed by atoms with Crippen molar-refractivity contribution in [2.75, 3.05) is 19.6 Å². The predicted molar refractivity (Wildman–Crippen MR) is 64.5 cm³/mol. The number of piperazine rings is 1. The van der Waals surface area contributed by atoms with Gasteiger partial charge in [0.15, 0.2) is 0 Å². The second kappa shape index (κ2) is 4.37. The normalized spacial score (nSPS) is 21.8. The van der Waals surface area contributed by atoms with E-state index in [1.807, 2.05) is 0 Å². The molecule has 1 N–H and O–H groups in total. The van der Waals surface area contributed by atoms with Crippen LogP contribution in [0.2, 0.25) is 4.34 Å². The van der Waals surface area contributed by atoms with E-state index in [-0.39, 0.29) is 5.54 Å². The molecule has 84 valence electrons. The first-order valence-electron chi connectivity index (χ1n) is 5.13. The molecule has 0 radical (unpaired) electrons. The van der Waals surface area contributed by atoms with Crippen LogP contribution in [0.15, 0.2) is 6.20 Å². The average molecular weight is 246 g/mol. The van der Waals surface area contributed by atoms with Crippen molar-refractivity contribution in [3.63, 3.8) is 0 Å². The van der Waals surface area contributed by atoms with Crippen LogP contribution in [0.3, 0.4) is 0 Å². The molecule has 1 aliphatic heterocycles.